The second-order valence-corrected chi connectivity index (χ2v) is 9.78. The second-order valence-electron chi connectivity index (χ2n) is 7.00. The molecule has 1 N–H and O–H groups in total. The number of nitrogens with zero attached hydrogens (tertiary/aromatic N) is 1. The molecule has 0 saturated carbocycles. The first-order valence-electron chi connectivity index (χ1n) is 10.2. The van der Waals surface area contributed by atoms with Crippen molar-refractivity contribution in [1.82, 2.24) is 5.32 Å². The number of benzene rings is 3. The van der Waals surface area contributed by atoms with Crippen LogP contribution in [0.3, 0.4) is 0 Å². The van der Waals surface area contributed by atoms with E-state index in [1.54, 1.807) is 42.5 Å². The molecule has 0 atom stereocenters. The van der Waals surface area contributed by atoms with Crippen molar-refractivity contribution in [2.24, 2.45) is 0 Å². The quantitative estimate of drug-likeness (QED) is 0.405. The molecule has 0 saturated heterocycles. The Labute approximate surface area is 197 Å². The molecule has 0 aromatic heterocycles. The summed E-state index contributed by atoms with van der Waals surface area (Å²) in [6.07, 6.45) is 0.955. The number of carbonyl (C=O) groups is 1. The summed E-state index contributed by atoms with van der Waals surface area (Å²) < 4.78 is 34.0. The first kappa shape index (κ1) is 23.8. The fourth-order valence-corrected chi connectivity index (χ4v) is 4.85. The number of hydrogen-bond acceptors (Lipinski definition) is 4. The molecule has 3 aromatic rings. The van der Waals surface area contributed by atoms with Gasteiger partial charge in [0.1, 0.15) is 18.9 Å². The van der Waals surface area contributed by atoms with Gasteiger partial charge in [-0.3, -0.25) is 9.10 Å². The molecule has 0 fully saturated rings. The van der Waals surface area contributed by atoms with Crippen LogP contribution in [0.1, 0.15) is 12.5 Å². The predicted octanol–water partition coefficient (Wildman–Crippen LogP) is 4.40. The molecule has 0 bridgehead atoms. The minimum absolute atomic E-state index is 0.117. The van der Waals surface area contributed by atoms with Crippen LogP contribution in [-0.4, -0.2) is 34.0 Å². The number of amides is 1. The van der Waals surface area contributed by atoms with Crippen LogP contribution in [-0.2, 0) is 21.2 Å². The lowest BCUT2D eigenvalue weighted by Crippen LogP contribution is -2.41. The van der Waals surface area contributed by atoms with Crippen LogP contribution < -0.4 is 14.4 Å². The maximum Gasteiger partial charge on any atom is 0.264 e. The van der Waals surface area contributed by atoms with Crippen LogP contribution in [0.15, 0.2) is 88.2 Å². The molecule has 168 valence electrons. The summed E-state index contributed by atoms with van der Waals surface area (Å²) in [5, 5.41) is 2.73. The normalized spacial score (nSPS) is 11.1. The van der Waals surface area contributed by atoms with E-state index in [0.717, 1.165) is 16.5 Å². The number of hydrogen-bond donors (Lipinski definition) is 1. The zero-order valence-electron chi connectivity index (χ0n) is 17.7. The van der Waals surface area contributed by atoms with E-state index in [4.69, 9.17) is 4.74 Å². The first-order chi connectivity index (χ1) is 15.4. The van der Waals surface area contributed by atoms with Crippen molar-refractivity contribution in [3.8, 4) is 5.75 Å². The Kier molecular flexibility index (Phi) is 8.30. The average molecular weight is 517 g/mol. The van der Waals surface area contributed by atoms with Gasteiger partial charge in [0.25, 0.3) is 10.0 Å². The number of rotatable bonds is 10. The van der Waals surface area contributed by atoms with Crippen molar-refractivity contribution in [2.75, 3.05) is 24.0 Å². The van der Waals surface area contributed by atoms with Crippen molar-refractivity contribution >= 4 is 37.5 Å². The Bertz CT molecular complexity index is 1140. The summed E-state index contributed by atoms with van der Waals surface area (Å²) in [4.78, 5) is 12.7. The molecular formula is C24H25BrN2O4S. The zero-order valence-corrected chi connectivity index (χ0v) is 20.1. The van der Waals surface area contributed by atoms with Gasteiger partial charge in [-0.25, -0.2) is 8.42 Å². The molecule has 8 heteroatoms. The molecule has 0 radical (unpaired) electrons. The van der Waals surface area contributed by atoms with Gasteiger partial charge in [-0.2, -0.15) is 0 Å². The Morgan fingerprint density at radius 3 is 2.38 bits per heavy atom. The number of carbonyl (C=O) groups excluding carboxylic acids is 1. The third-order valence-corrected chi connectivity index (χ3v) is 7.02. The summed E-state index contributed by atoms with van der Waals surface area (Å²) in [7, 11) is -3.93. The molecule has 6 nitrogen and oxygen atoms in total. The average Bonchev–Trinajstić information content (AvgIpc) is 2.81. The lowest BCUT2D eigenvalue weighted by Gasteiger charge is -2.24. The molecule has 0 aliphatic rings. The van der Waals surface area contributed by atoms with Gasteiger partial charge in [0.2, 0.25) is 5.91 Å². The SMILES string of the molecule is CCc1ccc(OCCNC(=O)CN(c2cccc(Br)c2)S(=O)(=O)c2ccccc2)cc1. The van der Waals surface area contributed by atoms with Crippen LogP contribution >= 0.6 is 15.9 Å². The van der Waals surface area contributed by atoms with Gasteiger partial charge in [0, 0.05) is 4.47 Å². The van der Waals surface area contributed by atoms with E-state index >= 15 is 0 Å². The predicted molar refractivity (Wildman–Crippen MR) is 129 cm³/mol. The van der Waals surface area contributed by atoms with Crippen LogP contribution in [0, 0.1) is 0 Å². The highest BCUT2D eigenvalue weighted by Gasteiger charge is 2.27. The highest BCUT2D eigenvalue weighted by molar-refractivity contribution is 9.10. The van der Waals surface area contributed by atoms with Crippen molar-refractivity contribution in [1.29, 1.82) is 0 Å². The smallest absolute Gasteiger partial charge is 0.264 e. The lowest BCUT2D eigenvalue weighted by molar-refractivity contribution is -0.119. The van der Waals surface area contributed by atoms with Gasteiger partial charge in [-0.1, -0.05) is 59.3 Å². The third kappa shape index (κ3) is 6.34. The topological polar surface area (TPSA) is 75.7 Å². The van der Waals surface area contributed by atoms with E-state index in [1.165, 1.54) is 17.7 Å². The van der Waals surface area contributed by atoms with E-state index in [2.05, 4.69) is 28.2 Å². The summed E-state index contributed by atoms with van der Waals surface area (Å²) in [5.41, 5.74) is 1.61. The van der Waals surface area contributed by atoms with Crippen molar-refractivity contribution in [2.45, 2.75) is 18.2 Å². The molecule has 32 heavy (non-hydrogen) atoms. The molecule has 1 amide bonds. The van der Waals surface area contributed by atoms with Crippen LogP contribution in [0.5, 0.6) is 5.75 Å². The first-order valence-corrected chi connectivity index (χ1v) is 12.5. The maximum absolute atomic E-state index is 13.3. The Balaban J connectivity index is 1.66. The fourth-order valence-electron chi connectivity index (χ4n) is 3.03. The summed E-state index contributed by atoms with van der Waals surface area (Å²) in [5.74, 6) is 0.299. The minimum Gasteiger partial charge on any atom is -0.492 e. The van der Waals surface area contributed by atoms with Gasteiger partial charge < -0.3 is 10.1 Å². The maximum atomic E-state index is 13.3. The minimum atomic E-state index is -3.93. The van der Waals surface area contributed by atoms with E-state index in [9.17, 15) is 13.2 Å². The number of nitrogens with one attached hydrogen (secondary N) is 1. The van der Waals surface area contributed by atoms with E-state index in [-0.39, 0.29) is 24.6 Å². The van der Waals surface area contributed by atoms with Crippen LogP contribution in [0.4, 0.5) is 5.69 Å². The number of ether oxygens (including phenoxy) is 1. The molecule has 3 aromatic carbocycles. The highest BCUT2D eigenvalue weighted by Crippen LogP contribution is 2.26. The fraction of sp³-hybridized carbons (Fsp3) is 0.208. The highest BCUT2D eigenvalue weighted by atomic mass is 79.9. The van der Waals surface area contributed by atoms with Gasteiger partial charge in [0.15, 0.2) is 0 Å². The molecular weight excluding hydrogens is 492 g/mol. The molecule has 0 aliphatic carbocycles. The Morgan fingerprint density at radius 1 is 1.00 bits per heavy atom. The van der Waals surface area contributed by atoms with Crippen molar-refractivity contribution < 1.29 is 17.9 Å². The lowest BCUT2D eigenvalue weighted by atomic mass is 10.2. The molecule has 0 unspecified atom stereocenters. The van der Waals surface area contributed by atoms with E-state index in [0.29, 0.717) is 10.2 Å². The standard InChI is InChI=1S/C24H25BrN2O4S/c1-2-19-11-13-22(14-12-19)31-16-15-26-24(28)18-27(21-8-6-7-20(25)17-21)32(29,30)23-9-4-3-5-10-23/h3-14,17H,2,15-16,18H2,1H3,(H,26,28). The summed E-state index contributed by atoms with van der Waals surface area (Å²) in [6, 6.07) is 22.7. The Morgan fingerprint density at radius 2 is 1.72 bits per heavy atom. The number of halogens is 1. The van der Waals surface area contributed by atoms with Crippen molar-refractivity contribution in [3.63, 3.8) is 0 Å². The number of anilines is 1. The number of sulfonamides is 1. The Hall–Kier alpha value is -2.84. The van der Waals surface area contributed by atoms with Gasteiger partial charge in [-0.15, -0.1) is 0 Å². The molecule has 0 aliphatic heterocycles. The molecule has 3 rings (SSSR count). The van der Waals surface area contributed by atoms with E-state index in [1.807, 2.05) is 24.3 Å². The zero-order chi connectivity index (χ0) is 23.0. The second kappa shape index (κ2) is 11.2. The van der Waals surface area contributed by atoms with Gasteiger partial charge in [0.05, 0.1) is 17.1 Å². The van der Waals surface area contributed by atoms with Gasteiger partial charge in [-0.05, 0) is 54.4 Å². The van der Waals surface area contributed by atoms with Crippen LogP contribution in [0.25, 0.3) is 0 Å². The number of aryl methyl sites for hydroxylation is 1. The molecule has 0 spiro atoms. The largest absolute Gasteiger partial charge is 0.492 e. The molecule has 0 heterocycles. The summed E-state index contributed by atoms with van der Waals surface area (Å²) >= 11 is 3.36. The summed E-state index contributed by atoms with van der Waals surface area (Å²) in [6.45, 7) is 2.27. The van der Waals surface area contributed by atoms with Gasteiger partial charge >= 0.3 is 0 Å². The van der Waals surface area contributed by atoms with Crippen molar-refractivity contribution in [3.05, 3.63) is 88.9 Å². The van der Waals surface area contributed by atoms with Crippen LogP contribution in [0.2, 0.25) is 0 Å². The third-order valence-electron chi connectivity index (χ3n) is 4.74. The van der Waals surface area contributed by atoms with E-state index < -0.39 is 15.9 Å². The monoisotopic (exact) mass is 516 g/mol.